The molecule has 0 aromatic rings. The van der Waals surface area contributed by atoms with Crippen LogP contribution in [0.3, 0.4) is 0 Å². The molecule has 19 heavy (non-hydrogen) atoms. The van der Waals surface area contributed by atoms with Gasteiger partial charge in [0, 0.05) is 53.8 Å². The van der Waals surface area contributed by atoms with Gasteiger partial charge in [0.25, 0.3) is 0 Å². The van der Waals surface area contributed by atoms with E-state index in [9.17, 15) is 0 Å². The van der Waals surface area contributed by atoms with Crippen LogP contribution in [0.1, 0.15) is 47.5 Å². The monoisotopic (exact) mass is 508 g/mol. The zero-order valence-corrected chi connectivity index (χ0v) is 19.6. The third-order valence-electron chi connectivity index (χ3n) is 1.54. The van der Waals surface area contributed by atoms with E-state index in [2.05, 4.69) is 37.3 Å². The van der Waals surface area contributed by atoms with E-state index >= 15 is 0 Å². The van der Waals surface area contributed by atoms with Gasteiger partial charge in [0.2, 0.25) is 0 Å². The van der Waals surface area contributed by atoms with Gasteiger partial charge in [-0.2, -0.15) is 6.08 Å². The van der Waals surface area contributed by atoms with Gasteiger partial charge in [-0.3, -0.25) is 6.08 Å². The fourth-order valence-electron chi connectivity index (χ4n) is 0.894. The second-order valence-corrected chi connectivity index (χ2v) is 2.65. The van der Waals surface area contributed by atoms with E-state index in [0.29, 0.717) is 0 Å². The maximum Gasteiger partial charge on any atom is 0 e. The molecule has 0 fully saturated rings. The number of hydrogen-bond acceptors (Lipinski definition) is 0. The molecule has 0 saturated carbocycles. The molecule has 0 amide bonds. The van der Waals surface area contributed by atoms with E-state index in [1.54, 1.807) is 0 Å². The second kappa shape index (κ2) is 36.3. The third kappa shape index (κ3) is 32.4. The maximum absolute atomic E-state index is 2.99. The molecule has 0 N–H and O–H groups in total. The number of allylic oxidation sites excluding steroid dienone is 8. The topological polar surface area (TPSA) is 0 Å². The van der Waals surface area contributed by atoms with Crippen molar-refractivity contribution < 1.29 is 53.8 Å². The van der Waals surface area contributed by atoms with E-state index in [1.165, 1.54) is 12.0 Å². The molecule has 0 unspecified atom stereocenters. The Morgan fingerprint density at radius 3 is 1.58 bits per heavy atom. The average Bonchev–Trinajstić information content (AvgIpc) is 2.98. The van der Waals surface area contributed by atoms with Crippen LogP contribution in [0.25, 0.3) is 0 Å². The van der Waals surface area contributed by atoms with Crippen molar-refractivity contribution in [2.45, 2.75) is 47.5 Å². The summed E-state index contributed by atoms with van der Waals surface area (Å²) in [6.45, 7) is 10.1. The van der Waals surface area contributed by atoms with Crippen LogP contribution in [0.4, 0.5) is 0 Å². The van der Waals surface area contributed by atoms with Gasteiger partial charge < -0.3 is 14.9 Å². The zero-order chi connectivity index (χ0) is 11.9. The van der Waals surface area contributed by atoms with Crippen molar-refractivity contribution in [1.29, 1.82) is 0 Å². The Balaban J connectivity index is -0.0000000304. The Hall–Kier alpha value is 0.752. The summed E-state index contributed by atoms with van der Waals surface area (Å²) in [6, 6.07) is 0. The summed E-state index contributed by atoms with van der Waals surface area (Å²) in [6.07, 6.45) is 17.6. The first-order valence-electron chi connectivity index (χ1n) is 5.93. The van der Waals surface area contributed by atoms with Gasteiger partial charge in [-0.05, 0) is 13.3 Å². The minimum atomic E-state index is 0. The smallest absolute Gasteiger partial charge is 0 e. The summed E-state index contributed by atoms with van der Waals surface area (Å²) in [5.41, 5.74) is 1.47. The van der Waals surface area contributed by atoms with Crippen LogP contribution in [0.15, 0.2) is 42.0 Å². The molecule has 0 aromatic heterocycles. The predicted octanol–water partition coefficient (Wildman–Crippen LogP) is 6.15. The van der Waals surface area contributed by atoms with Crippen molar-refractivity contribution in [2.75, 3.05) is 0 Å². The molecule has 0 aliphatic heterocycles. The fourth-order valence-corrected chi connectivity index (χ4v) is 0.894. The summed E-state index contributed by atoms with van der Waals surface area (Å²) >= 11 is 0. The quantitative estimate of drug-likeness (QED) is 0.345. The maximum atomic E-state index is 2.99. The summed E-state index contributed by atoms with van der Waals surface area (Å²) in [5, 5.41) is 0. The molecule has 2 aliphatic rings. The van der Waals surface area contributed by atoms with Crippen molar-refractivity contribution in [2.24, 2.45) is 0 Å². The SMILES string of the molecule is CC.CC.CC1=CC=CC1.[C-]1=CC=CC1.[CH3-].[CH3-].[W].[Y]. The van der Waals surface area contributed by atoms with Crippen LogP contribution in [-0.4, -0.2) is 0 Å². The molecular formula is C17H31WY-3. The van der Waals surface area contributed by atoms with Crippen LogP contribution >= 0.6 is 0 Å². The van der Waals surface area contributed by atoms with E-state index < -0.39 is 0 Å². The molecule has 111 valence electrons. The Labute approximate surface area is 163 Å². The van der Waals surface area contributed by atoms with Crippen LogP contribution in [-0.2, 0) is 53.8 Å². The largest absolute Gasteiger partial charge is 0.358 e. The summed E-state index contributed by atoms with van der Waals surface area (Å²) in [4.78, 5) is 0. The zero-order valence-electron chi connectivity index (χ0n) is 13.9. The van der Waals surface area contributed by atoms with Crippen LogP contribution < -0.4 is 0 Å². The van der Waals surface area contributed by atoms with Crippen molar-refractivity contribution in [1.82, 2.24) is 0 Å². The summed E-state index contributed by atoms with van der Waals surface area (Å²) < 4.78 is 0. The molecular weight excluding hydrogens is 477 g/mol. The van der Waals surface area contributed by atoms with E-state index in [1.807, 2.05) is 39.8 Å². The number of hydrogen-bond donors (Lipinski definition) is 0. The molecule has 0 heterocycles. The molecule has 0 nitrogen and oxygen atoms in total. The third-order valence-corrected chi connectivity index (χ3v) is 1.54. The Morgan fingerprint density at radius 1 is 0.947 bits per heavy atom. The molecule has 0 atom stereocenters. The molecule has 0 aromatic carbocycles. The fraction of sp³-hybridized carbons (Fsp3) is 0.412. The minimum Gasteiger partial charge on any atom is -0.358 e. The minimum absolute atomic E-state index is 0. The van der Waals surface area contributed by atoms with Gasteiger partial charge in [-0.1, -0.05) is 51.5 Å². The molecule has 1 radical (unpaired) electrons. The number of rotatable bonds is 0. The van der Waals surface area contributed by atoms with Gasteiger partial charge in [0.1, 0.15) is 0 Å². The first kappa shape index (κ1) is 36.7. The van der Waals surface area contributed by atoms with Gasteiger partial charge >= 0.3 is 0 Å². The molecule has 0 bridgehead atoms. The van der Waals surface area contributed by atoms with Gasteiger partial charge in [0.05, 0.1) is 0 Å². The van der Waals surface area contributed by atoms with Crippen LogP contribution in [0.2, 0.25) is 0 Å². The van der Waals surface area contributed by atoms with Crippen molar-refractivity contribution >= 4 is 0 Å². The standard InChI is InChI=1S/C6H8.C5H5.2C2H6.2CH3.W.Y/c1-6-4-2-3-5-6;1-2-4-5-3-1;2*1-2;;;;/h2-4H,5H2,1H3;1-3H,4H2;2*1-2H3;2*1H3;;/q;-1;;;2*-1;;. The van der Waals surface area contributed by atoms with Crippen molar-refractivity contribution in [3.8, 4) is 0 Å². The molecule has 2 rings (SSSR count). The van der Waals surface area contributed by atoms with E-state index in [0.717, 1.165) is 6.42 Å². The first-order chi connectivity index (χ1) is 7.39. The van der Waals surface area contributed by atoms with Crippen molar-refractivity contribution in [3.63, 3.8) is 0 Å². The molecule has 0 saturated heterocycles. The predicted molar refractivity (Wildman–Crippen MR) is 84.6 cm³/mol. The van der Waals surface area contributed by atoms with Gasteiger partial charge in [-0.25, -0.2) is 12.2 Å². The Morgan fingerprint density at radius 2 is 1.47 bits per heavy atom. The van der Waals surface area contributed by atoms with E-state index in [4.69, 9.17) is 0 Å². The molecule has 0 spiro atoms. The first-order valence-corrected chi connectivity index (χ1v) is 5.93. The van der Waals surface area contributed by atoms with Gasteiger partial charge in [-0.15, -0.1) is 6.42 Å². The summed E-state index contributed by atoms with van der Waals surface area (Å²) in [5.74, 6) is 0. The average molecular weight is 508 g/mol. The van der Waals surface area contributed by atoms with Crippen LogP contribution in [0.5, 0.6) is 0 Å². The van der Waals surface area contributed by atoms with Crippen molar-refractivity contribution in [3.05, 3.63) is 63.0 Å². The normalized spacial score (nSPS) is 11.1. The second-order valence-electron chi connectivity index (χ2n) is 2.65. The van der Waals surface area contributed by atoms with Crippen LogP contribution in [0, 0.1) is 20.9 Å². The van der Waals surface area contributed by atoms with E-state index in [-0.39, 0.29) is 68.6 Å². The molecule has 2 heteroatoms. The summed E-state index contributed by atoms with van der Waals surface area (Å²) in [7, 11) is 0. The Bertz CT molecular complexity index is 215. The van der Waals surface area contributed by atoms with Gasteiger partial charge in [0.15, 0.2) is 0 Å². The molecule has 2 aliphatic carbocycles. The Kier molecular flexibility index (Phi) is 70.2.